The second-order valence-electron chi connectivity index (χ2n) is 5.08. The van der Waals surface area contributed by atoms with Gasteiger partial charge in [-0.25, -0.2) is 8.42 Å². The first-order chi connectivity index (χ1) is 10.9. The average molecular weight is 401 g/mol. The van der Waals surface area contributed by atoms with Crippen LogP contribution in [0.3, 0.4) is 0 Å². The molecule has 3 heterocycles. The number of halogens is 3. The third-order valence-corrected chi connectivity index (χ3v) is 6.07. The first kappa shape index (κ1) is 19.2. The minimum Gasteiger partial charge on any atom is -0.333 e. The fourth-order valence-electron chi connectivity index (χ4n) is 2.33. The molecule has 12 heteroatoms. The normalized spacial score (nSPS) is 19.4. The highest BCUT2D eigenvalue weighted by atomic mass is 35.5. The summed E-state index contributed by atoms with van der Waals surface area (Å²) in [6, 6.07) is 1.01. The zero-order chi connectivity index (χ0) is 16.6. The highest BCUT2D eigenvalue weighted by molar-refractivity contribution is 7.92. The monoisotopic (exact) mass is 400 g/mol. The molecule has 134 valence electrons. The van der Waals surface area contributed by atoms with Crippen molar-refractivity contribution >= 4 is 33.6 Å². The minimum atomic E-state index is -4.71. The summed E-state index contributed by atoms with van der Waals surface area (Å²) in [4.78, 5) is 5.79. The summed E-state index contributed by atoms with van der Waals surface area (Å²) in [5.41, 5.74) is 0. The summed E-state index contributed by atoms with van der Waals surface area (Å²) in [5, 5.41) is 8.48. The van der Waals surface area contributed by atoms with E-state index in [4.69, 9.17) is 4.52 Å². The molecule has 0 bridgehead atoms. The van der Waals surface area contributed by atoms with E-state index in [9.17, 15) is 17.2 Å². The fourth-order valence-corrected chi connectivity index (χ4v) is 4.41. The Morgan fingerprint density at radius 3 is 2.92 bits per heavy atom. The third kappa shape index (κ3) is 3.45. The van der Waals surface area contributed by atoms with E-state index in [0.29, 0.717) is 12.4 Å². The molecular weight excluding hydrogens is 386 g/mol. The van der Waals surface area contributed by atoms with Gasteiger partial charge in [0.15, 0.2) is 5.82 Å². The van der Waals surface area contributed by atoms with Crippen LogP contribution in [0.2, 0.25) is 0 Å². The van der Waals surface area contributed by atoms with Crippen LogP contribution in [-0.2, 0) is 9.84 Å². The number of alkyl halides is 2. The van der Waals surface area contributed by atoms with E-state index in [1.54, 1.807) is 0 Å². The number of likely N-dealkylation sites (N-methyl/N-ethyl adjacent to an activating group) is 1. The highest BCUT2D eigenvalue weighted by Crippen LogP contribution is 2.35. The fraction of sp³-hybridized carbons (Fsp3) is 0.500. The first-order valence-corrected chi connectivity index (χ1v) is 9.18. The maximum atomic E-state index is 12.8. The lowest BCUT2D eigenvalue weighted by Crippen LogP contribution is -2.44. The summed E-state index contributed by atoms with van der Waals surface area (Å²) in [6.07, 6.45) is 0. The van der Waals surface area contributed by atoms with Gasteiger partial charge in [-0.1, -0.05) is 5.16 Å². The third-order valence-electron chi connectivity index (χ3n) is 3.62. The van der Waals surface area contributed by atoms with Gasteiger partial charge in [0.1, 0.15) is 4.88 Å². The molecule has 3 rings (SSSR count). The van der Waals surface area contributed by atoms with Gasteiger partial charge in [0.2, 0.25) is 9.84 Å². The van der Waals surface area contributed by atoms with Crippen LogP contribution in [0.15, 0.2) is 20.9 Å². The van der Waals surface area contributed by atoms with E-state index in [2.05, 4.69) is 15.5 Å². The molecule has 24 heavy (non-hydrogen) atoms. The molecule has 1 atom stereocenters. The van der Waals surface area contributed by atoms with Crippen LogP contribution in [0.5, 0.6) is 0 Å². The lowest BCUT2D eigenvalue weighted by molar-refractivity contribution is 0.190. The number of aromatic nitrogens is 2. The molecule has 1 saturated heterocycles. The number of nitrogens with one attached hydrogen (secondary N) is 1. The smallest absolute Gasteiger partial charge is 0.333 e. The van der Waals surface area contributed by atoms with Gasteiger partial charge >= 0.3 is 5.76 Å². The number of hydrogen-bond donors (Lipinski definition) is 1. The van der Waals surface area contributed by atoms with Crippen LogP contribution >= 0.6 is 23.7 Å². The van der Waals surface area contributed by atoms with E-state index in [-0.39, 0.29) is 29.2 Å². The molecule has 1 aliphatic heterocycles. The maximum Gasteiger partial charge on any atom is 0.341 e. The van der Waals surface area contributed by atoms with Crippen molar-refractivity contribution in [1.29, 1.82) is 0 Å². The number of piperazine rings is 1. The molecule has 0 radical (unpaired) electrons. The van der Waals surface area contributed by atoms with Crippen LogP contribution in [-0.4, -0.2) is 55.9 Å². The topological polar surface area (TPSA) is 88.3 Å². The summed E-state index contributed by atoms with van der Waals surface area (Å²) in [7, 11) is -2.80. The van der Waals surface area contributed by atoms with E-state index < -0.39 is 20.5 Å². The van der Waals surface area contributed by atoms with Gasteiger partial charge < -0.3 is 9.84 Å². The van der Waals surface area contributed by atoms with Crippen molar-refractivity contribution in [2.75, 3.05) is 26.7 Å². The van der Waals surface area contributed by atoms with Gasteiger partial charge in [0.05, 0.1) is 10.9 Å². The zero-order valence-electron chi connectivity index (χ0n) is 12.5. The second kappa shape index (κ2) is 7.40. The lowest BCUT2D eigenvalue weighted by atomic mass is 10.2. The molecule has 7 nitrogen and oxygen atoms in total. The average Bonchev–Trinajstić information content (AvgIpc) is 3.16. The molecule has 2 aromatic heterocycles. The van der Waals surface area contributed by atoms with Crippen molar-refractivity contribution < 1.29 is 21.7 Å². The molecule has 0 amide bonds. The Bertz CT molecular complexity index is 796. The Morgan fingerprint density at radius 1 is 1.50 bits per heavy atom. The molecular formula is C12H15ClF2N4O3S2. The number of sulfone groups is 1. The summed E-state index contributed by atoms with van der Waals surface area (Å²) in [5.74, 6) is -3.16. The number of rotatable bonds is 4. The molecule has 1 fully saturated rings. The quantitative estimate of drug-likeness (QED) is 0.836. The molecule has 0 aliphatic carbocycles. The molecule has 1 N–H and O–H groups in total. The van der Waals surface area contributed by atoms with Crippen molar-refractivity contribution in [2.45, 2.75) is 16.7 Å². The van der Waals surface area contributed by atoms with Crippen LogP contribution < -0.4 is 5.32 Å². The number of nitrogens with zero attached hydrogens (tertiary/aromatic N) is 3. The van der Waals surface area contributed by atoms with Crippen molar-refractivity contribution in [3.63, 3.8) is 0 Å². The van der Waals surface area contributed by atoms with Gasteiger partial charge in [-0.15, -0.1) is 23.7 Å². The molecule has 1 aliphatic rings. The molecule has 2 aromatic rings. The molecule has 1 unspecified atom stereocenters. The Kier molecular flexibility index (Phi) is 5.91. The molecule has 0 saturated carbocycles. The van der Waals surface area contributed by atoms with Crippen molar-refractivity contribution in [3.05, 3.63) is 17.3 Å². The molecule has 0 aromatic carbocycles. The van der Waals surface area contributed by atoms with Crippen molar-refractivity contribution in [2.24, 2.45) is 0 Å². The zero-order valence-corrected chi connectivity index (χ0v) is 14.9. The van der Waals surface area contributed by atoms with Gasteiger partial charge in [0, 0.05) is 19.6 Å². The Balaban J connectivity index is 0.00000208. The van der Waals surface area contributed by atoms with E-state index in [0.717, 1.165) is 30.5 Å². The lowest BCUT2D eigenvalue weighted by Gasteiger charge is -2.30. The van der Waals surface area contributed by atoms with Crippen molar-refractivity contribution in [1.82, 2.24) is 20.4 Å². The molecule has 0 spiro atoms. The van der Waals surface area contributed by atoms with E-state index >= 15 is 0 Å². The predicted molar refractivity (Wildman–Crippen MR) is 86.3 cm³/mol. The maximum absolute atomic E-state index is 12.8. The van der Waals surface area contributed by atoms with Crippen LogP contribution in [0, 0.1) is 0 Å². The van der Waals surface area contributed by atoms with E-state index in [1.807, 2.05) is 11.9 Å². The second-order valence-corrected chi connectivity index (χ2v) is 7.88. The summed E-state index contributed by atoms with van der Waals surface area (Å²) >= 11 is 0.970. The van der Waals surface area contributed by atoms with Crippen LogP contribution in [0.1, 0.15) is 11.9 Å². The Morgan fingerprint density at radius 2 is 2.25 bits per heavy atom. The van der Waals surface area contributed by atoms with Gasteiger partial charge in [-0.3, -0.25) is 4.90 Å². The Labute approximate surface area is 147 Å². The van der Waals surface area contributed by atoms with Gasteiger partial charge in [-0.05, 0) is 18.5 Å². The number of thiophene rings is 1. The standard InChI is InChI=1S/C12H14F2N4O3S2.ClH/c1-18-4-3-15-6-7(18)10-16-11(21-17-10)9-8(2-5-22-9)23(19,20)12(13)14;/h2,5,7,12,15H,3-4,6H2,1H3;1H. The summed E-state index contributed by atoms with van der Waals surface area (Å²) in [6.45, 7) is 2.28. The minimum absolute atomic E-state index is 0. The predicted octanol–water partition coefficient (Wildman–Crippen LogP) is 1.79. The van der Waals surface area contributed by atoms with Gasteiger partial charge in [0.25, 0.3) is 5.89 Å². The largest absolute Gasteiger partial charge is 0.341 e. The number of hydrogen-bond acceptors (Lipinski definition) is 8. The van der Waals surface area contributed by atoms with Crippen molar-refractivity contribution in [3.8, 4) is 10.8 Å². The summed E-state index contributed by atoms with van der Waals surface area (Å²) < 4.78 is 54.0. The SMILES string of the molecule is CN1CCNCC1c1noc(-c2sccc2S(=O)(=O)C(F)F)n1.Cl. The first-order valence-electron chi connectivity index (χ1n) is 6.75. The highest BCUT2D eigenvalue weighted by Gasteiger charge is 2.33. The van der Waals surface area contributed by atoms with Gasteiger partial charge in [-0.2, -0.15) is 13.8 Å². The van der Waals surface area contributed by atoms with Crippen LogP contribution in [0.25, 0.3) is 10.8 Å². The Hall–Kier alpha value is -1.14. The van der Waals surface area contributed by atoms with Crippen LogP contribution in [0.4, 0.5) is 8.78 Å². The van der Waals surface area contributed by atoms with E-state index in [1.165, 1.54) is 5.38 Å².